The Bertz CT molecular complexity index is 517. The molecular weight excluding hydrogens is 245 g/mol. The van der Waals surface area contributed by atoms with Gasteiger partial charge in [-0.1, -0.05) is 11.8 Å². The Hall–Kier alpha value is -1.70. The number of fused-ring (bicyclic) bond motifs is 1. The van der Waals surface area contributed by atoms with Crippen LogP contribution in [0.25, 0.3) is 11.2 Å². The summed E-state index contributed by atoms with van der Waals surface area (Å²) >= 11 is 1.26. The van der Waals surface area contributed by atoms with E-state index in [-0.39, 0.29) is 18.2 Å². The van der Waals surface area contributed by atoms with Crippen molar-refractivity contribution < 1.29 is 9.18 Å². The number of thioether (sulfide) groups is 1. The largest absolute Gasteiger partial charge is 0.353 e. The second-order valence-electron chi connectivity index (χ2n) is 3.11. The molecule has 0 atom stereocenters. The average molecular weight is 255 g/mol. The van der Waals surface area contributed by atoms with E-state index in [1.807, 2.05) is 0 Å². The molecule has 0 saturated heterocycles. The van der Waals surface area contributed by atoms with Crippen LogP contribution in [0.1, 0.15) is 0 Å². The highest BCUT2D eigenvalue weighted by Crippen LogP contribution is 2.21. The van der Waals surface area contributed by atoms with Crippen molar-refractivity contribution in [2.24, 2.45) is 0 Å². The molecule has 8 heteroatoms. The van der Waals surface area contributed by atoms with Crippen LogP contribution in [0, 0.1) is 0 Å². The van der Waals surface area contributed by atoms with Gasteiger partial charge in [-0.15, -0.1) is 0 Å². The number of hydrogen-bond acceptors (Lipinski definition) is 5. The number of hydrogen-bond donors (Lipinski definition) is 2. The minimum atomic E-state index is -0.561. The van der Waals surface area contributed by atoms with Gasteiger partial charge in [0.1, 0.15) is 23.5 Å². The minimum Gasteiger partial charge on any atom is -0.353 e. The van der Waals surface area contributed by atoms with E-state index in [9.17, 15) is 9.18 Å². The predicted octanol–water partition coefficient (Wildman–Crippen LogP) is 0.531. The normalized spacial score (nSPS) is 10.6. The second kappa shape index (κ2) is 5.58. The van der Waals surface area contributed by atoms with Crippen LogP contribution < -0.4 is 5.32 Å². The second-order valence-corrected chi connectivity index (χ2v) is 4.07. The number of halogens is 1. The monoisotopic (exact) mass is 255 g/mol. The van der Waals surface area contributed by atoms with E-state index in [0.717, 1.165) is 0 Å². The molecule has 6 nitrogen and oxygen atoms in total. The van der Waals surface area contributed by atoms with Crippen LogP contribution in [0.4, 0.5) is 4.39 Å². The number of rotatable bonds is 5. The molecule has 2 aromatic rings. The summed E-state index contributed by atoms with van der Waals surface area (Å²) in [5.74, 6) is -0.0376. The van der Waals surface area contributed by atoms with Gasteiger partial charge in [0.05, 0.1) is 12.1 Å². The fraction of sp³-hybridized carbons (Fsp3) is 0.333. The quantitative estimate of drug-likeness (QED) is 0.601. The number of H-pyrrole nitrogens is 1. The van der Waals surface area contributed by atoms with Gasteiger partial charge in [-0.05, 0) is 0 Å². The van der Waals surface area contributed by atoms with Gasteiger partial charge in [-0.2, -0.15) is 0 Å². The molecule has 0 aliphatic heterocycles. The highest BCUT2D eigenvalue weighted by molar-refractivity contribution is 8.00. The lowest BCUT2D eigenvalue weighted by atomic mass is 10.6. The molecule has 0 aromatic carbocycles. The number of aromatic nitrogens is 4. The number of amides is 1. The average Bonchev–Trinajstić information content (AvgIpc) is 2.82. The molecule has 0 fully saturated rings. The van der Waals surface area contributed by atoms with Crippen LogP contribution in [0.2, 0.25) is 0 Å². The first-order valence-electron chi connectivity index (χ1n) is 4.91. The standard InChI is InChI=1S/C9H10FN5OS/c10-1-2-11-6(16)3-17-9-7-8(13-4-12-7)14-5-15-9/h4-5H,1-3H2,(H,11,16)(H,12,13,14,15). The Morgan fingerprint density at radius 3 is 3.18 bits per heavy atom. The molecule has 2 rings (SSSR count). The molecule has 1 amide bonds. The van der Waals surface area contributed by atoms with Crippen molar-refractivity contribution in [2.75, 3.05) is 19.0 Å². The Morgan fingerprint density at radius 1 is 1.47 bits per heavy atom. The maximum absolute atomic E-state index is 11.8. The van der Waals surface area contributed by atoms with Gasteiger partial charge in [0.2, 0.25) is 5.91 Å². The molecule has 0 aliphatic rings. The topological polar surface area (TPSA) is 83.6 Å². The molecule has 0 saturated carbocycles. The van der Waals surface area contributed by atoms with Crippen molar-refractivity contribution >= 4 is 28.8 Å². The fourth-order valence-electron chi connectivity index (χ4n) is 1.22. The van der Waals surface area contributed by atoms with E-state index in [4.69, 9.17) is 0 Å². The van der Waals surface area contributed by atoms with Crippen LogP contribution in [0.5, 0.6) is 0 Å². The number of alkyl halides is 1. The number of carbonyl (C=O) groups is 1. The molecular formula is C9H10FN5OS. The molecule has 0 aliphatic carbocycles. The van der Waals surface area contributed by atoms with Crippen molar-refractivity contribution in [3.63, 3.8) is 0 Å². The molecule has 2 N–H and O–H groups in total. The highest BCUT2D eigenvalue weighted by atomic mass is 32.2. The third-order valence-electron chi connectivity index (χ3n) is 1.94. The molecule has 0 unspecified atom stereocenters. The van der Waals surface area contributed by atoms with E-state index in [1.54, 1.807) is 0 Å². The van der Waals surface area contributed by atoms with Gasteiger partial charge in [-0.25, -0.2) is 19.3 Å². The summed E-state index contributed by atoms with van der Waals surface area (Å²) in [5, 5.41) is 3.10. The Kier molecular flexibility index (Phi) is 3.86. The maximum atomic E-state index is 11.8. The zero-order chi connectivity index (χ0) is 12.1. The van der Waals surface area contributed by atoms with Crippen LogP contribution in [0.3, 0.4) is 0 Å². The number of carbonyl (C=O) groups excluding carboxylic acids is 1. The Morgan fingerprint density at radius 2 is 2.35 bits per heavy atom. The van der Waals surface area contributed by atoms with Crippen LogP contribution >= 0.6 is 11.8 Å². The summed E-state index contributed by atoms with van der Waals surface area (Å²) in [6, 6.07) is 0. The number of imidazole rings is 1. The van der Waals surface area contributed by atoms with E-state index in [0.29, 0.717) is 16.2 Å². The van der Waals surface area contributed by atoms with Crippen molar-refractivity contribution in [3.05, 3.63) is 12.7 Å². The van der Waals surface area contributed by atoms with Gasteiger partial charge in [0, 0.05) is 6.54 Å². The van der Waals surface area contributed by atoms with E-state index >= 15 is 0 Å². The van der Waals surface area contributed by atoms with Gasteiger partial charge < -0.3 is 10.3 Å². The molecule has 17 heavy (non-hydrogen) atoms. The van der Waals surface area contributed by atoms with Crippen molar-refractivity contribution in [1.29, 1.82) is 0 Å². The summed E-state index contributed by atoms with van der Waals surface area (Å²) in [6.45, 7) is -0.517. The van der Waals surface area contributed by atoms with Crippen LogP contribution in [-0.2, 0) is 4.79 Å². The number of aromatic amines is 1. The molecule has 2 heterocycles. The molecule has 0 spiro atoms. The van der Waals surface area contributed by atoms with E-state index in [2.05, 4.69) is 25.3 Å². The predicted molar refractivity (Wildman–Crippen MR) is 61.4 cm³/mol. The van der Waals surface area contributed by atoms with Crippen molar-refractivity contribution in [1.82, 2.24) is 25.3 Å². The molecule has 0 bridgehead atoms. The smallest absolute Gasteiger partial charge is 0.230 e. The third kappa shape index (κ3) is 2.90. The minimum absolute atomic E-state index is 0.0443. The zero-order valence-electron chi connectivity index (χ0n) is 8.81. The summed E-state index contributed by atoms with van der Waals surface area (Å²) < 4.78 is 11.8. The number of nitrogens with zero attached hydrogens (tertiary/aromatic N) is 3. The fourth-order valence-corrected chi connectivity index (χ4v) is 2.01. The van der Waals surface area contributed by atoms with Crippen molar-refractivity contribution in [3.8, 4) is 0 Å². The summed E-state index contributed by atoms with van der Waals surface area (Å²) in [4.78, 5) is 26.2. The number of nitrogens with one attached hydrogen (secondary N) is 2. The lowest BCUT2D eigenvalue weighted by Gasteiger charge is -2.02. The first-order chi connectivity index (χ1) is 8.31. The van der Waals surface area contributed by atoms with E-state index in [1.165, 1.54) is 24.4 Å². The van der Waals surface area contributed by atoms with Gasteiger partial charge in [0.15, 0.2) is 5.65 Å². The highest BCUT2D eigenvalue weighted by Gasteiger charge is 2.08. The van der Waals surface area contributed by atoms with Crippen LogP contribution in [-0.4, -0.2) is 44.8 Å². The lowest BCUT2D eigenvalue weighted by Crippen LogP contribution is -2.27. The molecule has 0 radical (unpaired) electrons. The van der Waals surface area contributed by atoms with Gasteiger partial charge in [0.25, 0.3) is 0 Å². The first kappa shape index (κ1) is 11.8. The summed E-state index contributed by atoms with van der Waals surface area (Å²) in [7, 11) is 0. The van der Waals surface area contributed by atoms with Gasteiger partial charge >= 0.3 is 0 Å². The Labute approximate surface area is 100 Å². The molecule has 90 valence electrons. The Balaban J connectivity index is 1.99. The molecule has 2 aromatic heterocycles. The van der Waals surface area contributed by atoms with E-state index < -0.39 is 6.67 Å². The SMILES string of the molecule is O=C(CSc1ncnc2nc[nH]c12)NCCF. The first-order valence-corrected chi connectivity index (χ1v) is 5.89. The maximum Gasteiger partial charge on any atom is 0.230 e. The summed E-state index contributed by atoms with van der Waals surface area (Å²) in [6.07, 6.45) is 2.91. The third-order valence-corrected chi connectivity index (χ3v) is 2.93. The van der Waals surface area contributed by atoms with Crippen molar-refractivity contribution in [2.45, 2.75) is 5.03 Å². The lowest BCUT2D eigenvalue weighted by molar-refractivity contribution is -0.118. The summed E-state index contributed by atoms with van der Waals surface area (Å²) in [5.41, 5.74) is 1.27. The zero-order valence-corrected chi connectivity index (χ0v) is 9.63. The van der Waals surface area contributed by atoms with Crippen LogP contribution in [0.15, 0.2) is 17.7 Å². The van der Waals surface area contributed by atoms with Gasteiger partial charge in [-0.3, -0.25) is 4.79 Å².